The number of piperidine rings is 1. The third kappa shape index (κ3) is 4.80. The summed E-state index contributed by atoms with van der Waals surface area (Å²) in [6.07, 6.45) is 5.46. The molecule has 7 heteroatoms. The van der Waals surface area contributed by atoms with Crippen molar-refractivity contribution < 1.29 is 4.79 Å². The summed E-state index contributed by atoms with van der Waals surface area (Å²) in [5, 5.41) is 12.2. The number of imidazole rings is 1. The van der Waals surface area contributed by atoms with E-state index in [9.17, 15) is 4.79 Å². The Morgan fingerprint density at radius 3 is 2.40 bits per heavy atom. The van der Waals surface area contributed by atoms with Crippen LogP contribution in [0, 0.1) is 26.7 Å². The van der Waals surface area contributed by atoms with Gasteiger partial charge in [-0.25, -0.2) is 4.98 Å². The summed E-state index contributed by atoms with van der Waals surface area (Å²) in [7, 11) is 0. The molecule has 1 aliphatic rings. The van der Waals surface area contributed by atoms with Crippen molar-refractivity contribution in [2.24, 2.45) is 5.92 Å². The Morgan fingerprint density at radius 2 is 1.69 bits per heavy atom. The standard InChI is InChI=1S/C28H30N6O/c1-19-16-20(2)26(21(3)17-19)30-28(35)23-10-7-14-33(18-23)24-11-12-25(32-31-24)34-15-13-29-27(34)22-8-5-4-6-9-22/h4-6,8-9,11-13,15-17,23H,7,10,14,18H2,1-3H3,(H,30,35). The van der Waals surface area contributed by atoms with Crippen LogP contribution in [-0.4, -0.2) is 38.7 Å². The molecule has 178 valence electrons. The van der Waals surface area contributed by atoms with Crippen LogP contribution in [0.4, 0.5) is 11.5 Å². The lowest BCUT2D eigenvalue weighted by molar-refractivity contribution is -0.120. The number of rotatable bonds is 5. The van der Waals surface area contributed by atoms with E-state index in [1.54, 1.807) is 6.20 Å². The summed E-state index contributed by atoms with van der Waals surface area (Å²) in [6.45, 7) is 7.66. The van der Waals surface area contributed by atoms with Crippen molar-refractivity contribution in [3.63, 3.8) is 0 Å². The van der Waals surface area contributed by atoms with Crippen LogP contribution in [0.5, 0.6) is 0 Å². The van der Waals surface area contributed by atoms with E-state index >= 15 is 0 Å². The van der Waals surface area contributed by atoms with Gasteiger partial charge in [-0.15, -0.1) is 10.2 Å². The van der Waals surface area contributed by atoms with Crippen LogP contribution in [0.3, 0.4) is 0 Å². The van der Waals surface area contributed by atoms with Crippen molar-refractivity contribution >= 4 is 17.4 Å². The van der Waals surface area contributed by atoms with E-state index in [2.05, 4.69) is 44.5 Å². The van der Waals surface area contributed by atoms with Gasteiger partial charge in [0.1, 0.15) is 5.82 Å². The van der Waals surface area contributed by atoms with Crippen molar-refractivity contribution in [3.8, 4) is 17.2 Å². The summed E-state index contributed by atoms with van der Waals surface area (Å²) >= 11 is 0. The molecule has 2 aromatic heterocycles. The number of amides is 1. The molecule has 1 aliphatic heterocycles. The first kappa shape index (κ1) is 22.8. The van der Waals surface area contributed by atoms with E-state index in [4.69, 9.17) is 0 Å². The van der Waals surface area contributed by atoms with E-state index in [-0.39, 0.29) is 11.8 Å². The average molecular weight is 467 g/mol. The Balaban J connectivity index is 1.30. The van der Waals surface area contributed by atoms with Gasteiger partial charge in [-0.3, -0.25) is 9.36 Å². The highest BCUT2D eigenvalue weighted by Crippen LogP contribution is 2.27. The monoisotopic (exact) mass is 466 g/mol. The molecule has 4 aromatic rings. The number of nitrogens with one attached hydrogen (secondary N) is 1. The second-order valence-electron chi connectivity index (χ2n) is 9.28. The van der Waals surface area contributed by atoms with Crippen molar-refractivity contribution in [2.45, 2.75) is 33.6 Å². The number of hydrogen-bond acceptors (Lipinski definition) is 5. The maximum Gasteiger partial charge on any atom is 0.229 e. The van der Waals surface area contributed by atoms with Gasteiger partial charge in [0.2, 0.25) is 5.91 Å². The normalized spacial score (nSPS) is 15.7. The Labute approximate surface area is 205 Å². The first-order valence-corrected chi connectivity index (χ1v) is 12.1. The molecule has 1 saturated heterocycles. The number of aromatic nitrogens is 4. The second kappa shape index (κ2) is 9.70. The highest BCUT2D eigenvalue weighted by atomic mass is 16.1. The number of aryl methyl sites for hydroxylation is 3. The molecule has 0 bridgehead atoms. The predicted molar refractivity (Wildman–Crippen MR) is 139 cm³/mol. The molecule has 2 aromatic carbocycles. The minimum atomic E-state index is -0.0938. The lowest BCUT2D eigenvalue weighted by atomic mass is 9.96. The first-order valence-electron chi connectivity index (χ1n) is 12.1. The zero-order valence-electron chi connectivity index (χ0n) is 20.4. The largest absolute Gasteiger partial charge is 0.354 e. The topological polar surface area (TPSA) is 75.9 Å². The molecule has 1 atom stereocenters. The molecule has 0 saturated carbocycles. The number of benzene rings is 2. The fourth-order valence-corrected chi connectivity index (χ4v) is 4.91. The summed E-state index contributed by atoms with van der Waals surface area (Å²) < 4.78 is 1.94. The Hall–Kier alpha value is -4.00. The van der Waals surface area contributed by atoms with Gasteiger partial charge >= 0.3 is 0 Å². The number of anilines is 2. The number of nitrogens with zero attached hydrogens (tertiary/aromatic N) is 5. The third-order valence-electron chi connectivity index (χ3n) is 6.60. The summed E-state index contributed by atoms with van der Waals surface area (Å²) in [5.41, 5.74) is 5.35. The molecule has 5 rings (SSSR count). The molecule has 1 amide bonds. The van der Waals surface area contributed by atoms with Crippen LogP contribution >= 0.6 is 0 Å². The van der Waals surface area contributed by atoms with E-state index in [0.29, 0.717) is 12.4 Å². The van der Waals surface area contributed by atoms with Crippen LogP contribution < -0.4 is 10.2 Å². The third-order valence-corrected chi connectivity index (χ3v) is 6.60. The van der Waals surface area contributed by atoms with E-state index in [1.807, 2.05) is 67.1 Å². The van der Waals surface area contributed by atoms with Crippen molar-refractivity contribution in [2.75, 3.05) is 23.3 Å². The van der Waals surface area contributed by atoms with E-state index in [0.717, 1.165) is 53.4 Å². The molecule has 1 unspecified atom stereocenters. The zero-order valence-corrected chi connectivity index (χ0v) is 20.4. The molecule has 0 radical (unpaired) electrons. The van der Waals surface area contributed by atoms with Crippen LogP contribution in [-0.2, 0) is 4.79 Å². The van der Waals surface area contributed by atoms with Crippen LogP contribution in [0.15, 0.2) is 67.0 Å². The quantitative estimate of drug-likeness (QED) is 0.442. The number of carbonyl (C=O) groups excluding carboxylic acids is 1. The first-order chi connectivity index (χ1) is 17.0. The molecule has 1 fully saturated rings. The maximum absolute atomic E-state index is 13.1. The van der Waals surface area contributed by atoms with Crippen molar-refractivity contribution in [1.82, 2.24) is 19.7 Å². The Morgan fingerprint density at radius 1 is 0.971 bits per heavy atom. The number of hydrogen-bond donors (Lipinski definition) is 1. The zero-order chi connectivity index (χ0) is 24.4. The van der Waals surface area contributed by atoms with Gasteiger partial charge in [-0.2, -0.15) is 0 Å². The molecule has 1 N–H and O–H groups in total. The lowest BCUT2D eigenvalue weighted by Crippen LogP contribution is -2.41. The highest BCUT2D eigenvalue weighted by molar-refractivity contribution is 5.94. The minimum Gasteiger partial charge on any atom is -0.354 e. The van der Waals surface area contributed by atoms with Crippen LogP contribution in [0.1, 0.15) is 29.5 Å². The van der Waals surface area contributed by atoms with Gasteiger partial charge in [-0.05, 0) is 56.9 Å². The average Bonchev–Trinajstić information content (AvgIpc) is 3.37. The van der Waals surface area contributed by atoms with Gasteiger partial charge in [-0.1, -0.05) is 48.0 Å². The summed E-state index contributed by atoms with van der Waals surface area (Å²) in [4.78, 5) is 19.8. The number of carbonyl (C=O) groups is 1. The molecule has 0 spiro atoms. The molecule has 3 heterocycles. The fraction of sp³-hybridized carbons (Fsp3) is 0.286. The van der Waals surface area contributed by atoms with Crippen molar-refractivity contribution in [3.05, 3.63) is 83.7 Å². The van der Waals surface area contributed by atoms with Crippen molar-refractivity contribution in [1.29, 1.82) is 0 Å². The molecule has 35 heavy (non-hydrogen) atoms. The fourth-order valence-electron chi connectivity index (χ4n) is 4.91. The van der Waals surface area contributed by atoms with Gasteiger partial charge in [0.15, 0.2) is 11.6 Å². The molecular formula is C28H30N6O. The van der Waals surface area contributed by atoms with Crippen LogP contribution in [0.2, 0.25) is 0 Å². The molecule has 0 aliphatic carbocycles. The lowest BCUT2D eigenvalue weighted by Gasteiger charge is -2.32. The van der Waals surface area contributed by atoms with Gasteiger partial charge in [0.05, 0.1) is 5.92 Å². The summed E-state index contributed by atoms with van der Waals surface area (Å²) in [5.74, 6) is 2.30. The Bertz CT molecular complexity index is 1310. The van der Waals surface area contributed by atoms with Gasteiger partial charge in [0, 0.05) is 36.7 Å². The SMILES string of the molecule is Cc1cc(C)c(NC(=O)C2CCCN(c3ccc(-n4ccnc4-c4ccccc4)nn3)C2)c(C)c1. The molecular weight excluding hydrogens is 436 g/mol. The predicted octanol–water partition coefficient (Wildman–Crippen LogP) is 5.11. The smallest absolute Gasteiger partial charge is 0.229 e. The highest BCUT2D eigenvalue weighted by Gasteiger charge is 2.27. The Kier molecular flexibility index (Phi) is 6.31. The molecule has 7 nitrogen and oxygen atoms in total. The summed E-state index contributed by atoms with van der Waals surface area (Å²) in [6, 6.07) is 18.2. The maximum atomic E-state index is 13.1. The second-order valence-corrected chi connectivity index (χ2v) is 9.28. The van der Waals surface area contributed by atoms with E-state index < -0.39 is 0 Å². The minimum absolute atomic E-state index is 0.0697. The van der Waals surface area contributed by atoms with Gasteiger partial charge in [0.25, 0.3) is 0 Å². The van der Waals surface area contributed by atoms with Crippen LogP contribution in [0.25, 0.3) is 17.2 Å². The van der Waals surface area contributed by atoms with Gasteiger partial charge < -0.3 is 10.2 Å². The van der Waals surface area contributed by atoms with E-state index in [1.165, 1.54) is 5.56 Å².